The Morgan fingerprint density at radius 3 is 2.67 bits per heavy atom. The zero-order valence-corrected chi connectivity index (χ0v) is 12.1. The van der Waals surface area contributed by atoms with Crippen LogP contribution in [0.25, 0.3) is 0 Å². The average molecular weight is 323 g/mol. The molecule has 0 aliphatic rings. The zero-order chi connectivity index (χ0) is 13.0. The highest BCUT2D eigenvalue weighted by molar-refractivity contribution is 9.10. The molecule has 2 aromatic rings. The van der Waals surface area contributed by atoms with Crippen molar-refractivity contribution in [1.82, 2.24) is 0 Å². The molecule has 2 rings (SSSR count). The molecule has 0 radical (unpaired) electrons. The third kappa shape index (κ3) is 2.94. The second-order valence-electron chi connectivity index (χ2n) is 3.55. The molecule has 0 N–H and O–H groups in total. The molecule has 0 amide bonds. The van der Waals surface area contributed by atoms with Crippen LogP contribution in [0.4, 0.5) is 0 Å². The topological polar surface area (TPSA) is 26.3 Å². The minimum Gasteiger partial charge on any atom is -0.456 e. The number of carbonyl (C=O) groups excluding carboxylic acids is 1. The van der Waals surface area contributed by atoms with Crippen molar-refractivity contribution < 1.29 is 9.53 Å². The van der Waals surface area contributed by atoms with Gasteiger partial charge in [0.2, 0.25) is 0 Å². The maximum Gasteiger partial charge on any atom is 0.151 e. The molecule has 0 atom stereocenters. The third-order valence-electron chi connectivity index (χ3n) is 2.40. The maximum absolute atomic E-state index is 10.7. The largest absolute Gasteiger partial charge is 0.456 e. The molecule has 0 heterocycles. The van der Waals surface area contributed by atoms with E-state index in [-0.39, 0.29) is 0 Å². The Morgan fingerprint density at radius 2 is 2.00 bits per heavy atom. The predicted octanol–water partition coefficient (Wildman–Crippen LogP) is 4.78. The molecule has 0 bridgehead atoms. The summed E-state index contributed by atoms with van der Waals surface area (Å²) in [5.74, 6) is 1.52. The molecule has 0 saturated heterocycles. The van der Waals surface area contributed by atoms with E-state index in [1.54, 1.807) is 30.0 Å². The van der Waals surface area contributed by atoms with Crippen LogP contribution in [0.3, 0.4) is 0 Å². The lowest BCUT2D eigenvalue weighted by Crippen LogP contribution is -1.88. The van der Waals surface area contributed by atoms with Crippen LogP contribution in [-0.2, 0) is 0 Å². The van der Waals surface area contributed by atoms with Crippen LogP contribution in [0.5, 0.6) is 11.5 Å². The number of para-hydroxylation sites is 1. The van der Waals surface area contributed by atoms with Gasteiger partial charge >= 0.3 is 0 Å². The molecule has 0 aliphatic heterocycles. The summed E-state index contributed by atoms with van der Waals surface area (Å²) in [5.41, 5.74) is 0.612. The summed E-state index contributed by atoms with van der Waals surface area (Å²) < 4.78 is 6.55. The summed E-state index contributed by atoms with van der Waals surface area (Å²) in [7, 11) is 0. The molecule has 18 heavy (non-hydrogen) atoms. The third-order valence-corrected chi connectivity index (χ3v) is 3.86. The standard InChI is InChI=1S/C14H11BrO2S/c1-18-14-5-3-2-4-13(14)17-11-7-6-10(9-16)12(15)8-11/h2-9H,1H3. The molecule has 0 spiro atoms. The van der Waals surface area contributed by atoms with Crippen molar-refractivity contribution >= 4 is 34.0 Å². The second-order valence-corrected chi connectivity index (χ2v) is 5.26. The van der Waals surface area contributed by atoms with Crippen LogP contribution >= 0.6 is 27.7 Å². The number of halogens is 1. The van der Waals surface area contributed by atoms with Crippen molar-refractivity contribution in [3.63, 3.8) is 0 Å². The van der Waals surface area contributed by atoms with E-state index in [4.69, 9.17) is 4.74 Å². The predicted molar refractivity (Wildman–Crippen MR) is 77.8 cm³/mol. The van der Waals surface area contributed by atoms with Crippen LogP contribution in [0.1, 0.15) is 10.4 Å². The van der Waals surface area contributed by atoms with Crippen LogP contribution in [0, 0.1) is 0 Å². The van der Waals surface area contributed by atoms with E-state index >= 15 is 0 Å². The quantitative estimate of drug-likeness (QED) is 0.598. The molecule has 0 aliphatic carbocycles. The molecular formula is C14H11BrO2S. The van der Waals surface area contributed by atoms with E-state index in [1.165, 1.54) is 0 Å². The molecule has 0 unspecified atom stereocenters. The molecule has 2 nitrogen and oxygen atoms in total. The lowest BCUT2D eigenvalue weighted by Gasteiger charge is -2.10. The van der Waals surface area contributed by atoms with E-state index < -0.39 is 0 Å². The SMILES string of the molecule is CSc1ccccc1Oc1ccc(C=O)c(Br)c1. The fourth-order valence-electron chi connectivity index (χ4n) is 1.50. The number of aldehydes is 1. The molecule has 2 aromatic carbocycles. The van der Waals surface area contributed by atoms with E-state index in [0.717, 1.165) is 21.4 Å². The minimum absolute atomic E-state index is 0.612. The summed E-state index contributed by atoms with van der Waals surface area (Å²) >= 11 is 4.97. The fourth-order valence-corrected chi connectivity index (χ4v) is 2.47. The van der Waals surface area contributed by atoms with Gasteiger partial charge in [-0.1, -0.05) is 12.1 Å². The number of carbonyl (C=O) groups is 1. The number of benzene rings is 2. The molecule has 4 heteroatoms. The first kappa shape index (κ1) is 13.2. The van der Waals surface area contributed by atoms with Gasteiger partial charge in [0.1, 0.15) is 11.5 Å². The first-order chi connectivity index (χ1) is 8.74. The van der Waals surface area contributed by atoms with Crippen molar-refractivity contribution in [1.29, 1.82) is 0 Å². The number of ether oxygens (including phenoxy) is 1. The maximum atomic E-state index is 10.7. The van der Waals surface area contributed by atoms with Crippen molar-refractivity contribution in [3.8, 4) is 11.5 Å². The van der Waals surface area contributed by atoms with Crippen molar-refractivity contribution in [3.05, 3.63) is 52.5 Å². The number of rotatable bonds is 4. The molecule has 0 saturated carbocycles. The van der Waals surface area contributed by atoms with Crippen LogP contribution in [0.15, 0.2) is 51.8 Å². The molecular weight excluding hydrogens is 312 g/mol. The van der Waals surface area contributed by atoms with Crippen LogP contribution in [0.2, 0.25) is 0 Å². The van der Waals surface area contributed by atoms with Gasteiger partial charge in [-0.05, 0) is 52.5 Å². The van der Waals surface area contributed by atoms with Gasteiger partial charge in [0, 0.05) is 14.9 Å². The van der Waals surface area contributed by atoms with Gasteiger partial charge in [-0.25, -0.2) is 0 Å². The Bertz CT molecular complexity index is 569. The Kier molecular flexibility index (Phi) is 4.44. The van der Waals surface area contributed by atoms with E-state index in [0.29, 0.717) is 11.3 Å². The van der Waals surface area contributed by atoms with Gasteiger partial charge in [-0.15, -0.1) is 11.8 Å². The van der Waals surface area contributed by atoms with Crippen LogP contribution in [-0.4, -0.2) is 12.5 Å². The summed E-state index contributed by atoms with van der Waals surface area (Å²) in [6, 6.07) is 13.1. The average Bonchev–Trinajstić information content (AvgIpc) is 2.39. The lowest BCUT2D eigenvalue weighted by molar-refractivity contribution is 0.112. The molecule has 0 fully saturated rings. The van der Waals surface area contributed by atoms with Gasteiger partial charge < -0.3 is 4.74 Å². The van der Waals surface area contributed by atoms with Gasteiger partial charge in [0.05, 0.1) is 0 Å². The number of hydrogen-bond donors (Lipinski definition) is 0. The highest BCUT2D eigenvalue weighted by atomic mass is 79.9. The summed E-state index contributed by atoms with van der Waals surface area (Å²) in [4.78, 5) is 11.8. The molecule has 92 valence electrons. The summed E-state index contributed by atoms with van der Waals surface area (Å²) in [5, 5.41) is 0. The van der Waals surface area contributed by atoms with Gasteiger partial charge in [0.25, 0.3) is 0 Å². The van der Waals surface area contributed by atoms with Gasteiger partial charge in [0.15, 0.2) is 6.29 Å². The monoisotopic (exact) mass is 322 g/mol. The summed E-state index contributed by atoms with van der Waals surface area (Å²) in [6.07, 6.45) is 2.82. The zero-order valence-electron chi connectivity index (χ0n) is 9.72. The van der Waals surface area contributed by atoms with Gasteiger partial charge in [-0.3, -0.25) is 4.79 Å². The lowest BCUT2D eigenvalue weighted by atomic mass is 10.2. The van der Waals surface area contributed by atoms with Crippen molar-refractivity contribution in [2.45, 2.75) is 4.90 Å². The van der Waals surface area contributed by atoms with E-state index in [2.05, 4.69) is 15.9 Å². The first-order valence-electron chi connectivity index (χ1n) is 5.30. The van der Waals surface area contributed by atoms with E-state index in [9.17, 15) is 4.79 Å². The number of hydrogen-bond acceptors (Lipinski definition) is 3. The minimum atomic E-state index is 0.612. The Hall–Kier alpha value is -1.26. The number of thioether (sulfide) groups is 1. The van der Waals surface area contributed by atoms with E-state index in [1.807, 2.05) is 30.5 Å². The highest BCUT2D eigenvalue weighted by Gasteiger charge is 2.05. The second kappa shape index (κ2) is 6.07. The molecule has 0 aromatic heterocycles. The fraction of sp³-hybridized carbons (Fsp3) is 0.0714. The van der Waals surface area contributed by atoms with Gasteiger partial charge in [-0.2, -0.15) is 0 Å². The Balaban J connectivity index is 2.28. The highest BCUT2D eigenvalue weighted by Crippen LogP contribution is 2.32. The smallest absolute Gasteiger partial charge is 0.151 e. The Labute approximate surface area is 118 Å². The van der Waals surface area contributed by atoms with Crippen molar-refractivity contribution in [2.24, 2.45) is 0 Å². The first-order valence-corrected chi connectivity index (χ1v) is 7.32. The Morgan fingerprint density at radius 1 is 1.22 bits per heavy atom. The van der Waals surface area contributed by atoms with Crippen molar-refractivity contribution in [2.75, 3.05) is 6.26 Å². The van der Waals surface area contributed by atoms with Crippen LogP contribution < -0.4 is 4.74 Å². The normalized spacial score (nSPS) is 10.1. The summed E-state index contributed by atoms with van der Waals surface area (Å²) in [6.45, 7) is 0.